The molecule has 0 bridgehead atoms. The third-order valence-electron chi connectivity index (χ3n) is 1.78. The molecule has 1 aromatic rings. The van der Waals surface area contributed by atoms with Crippen LogP contribution in [0.5, 0.6) is 0 Å². The van der Waals surface area contributed by atoms with Crippen molar-refractivity contribution in [3.05, 3.63) is 35.4 Å². The number of rotatable bonds is 4. The monoisotopic (exact) mass is 180 g/mol. The molecule has 0 aliphatic rings. The van der Waals surface area contributed by atoms with Crippen molar-refractivity contribution in [2.75, 3.05) is 6.61 Å². The molecule has 0 radical (unpaired) electrons. The maximum absolute atomic E-state index is 8.41. The van der Waals surface area contributed by atoms with E-state index in [4.69, 9.17) is 10.0 Å². The predicted molar refractivity (Wildman–Crippen MR) is 51.0 cm³/mol. The zero-order chi connectivity index (χ0) is 9.68. The van der Waals surface area contributed by atoms with Crippen LogP contribution < -0.4 is 0 Å². The highest BCUT2D eigenvalue weighted by atomic mass is 16.6. The normalized spacial score (nSPS) is 10.1. The van der Waals surface area contributed by atoms with Gasteiger partial charge in [0.1, 0.15) is 0 Å². The van der Waals surface area contributed by atoms with Crippen LogP contribution in [0, 0.1) is 6.92 Å². The molecule has 0 spiro atoms. The fourth-order valence-corrected chi connectivity index (χ4v) is 1.04. The smallest absolute Gasteiger partial charge is 0.402 e. The van der Waals surface area contributed by atoms with E-state index in [2.05, 4.69) is 4.65 Å². The number of aryl methyl sites for hydroxylation is 1. The summed E-state index contributed by atoms with van der Waals surface area (Å²) in [6.07, 6.45) is 0.692. The average molecular weight is 180 g/mol. The lowest BCUT2D eigenvalue weighted by Crippen LogP contribution is -2.18. The van der Waals surface area contributed by atoms with Gasteiger partial charge in [-0.15, -0.1) is 0 Å². The molecule has 0 atom stereocenters. The van der Waals surface area contributed by atoms with Gasteiger partial charge in [0.15, 0.2) is 0 Å². The predicted octanol–water partition coefficient (Wildman–Crippen LogP) is 0.524. The summed E-state index contributed by atoms with van der Waals surface area (Å²) in [4.78, 5) is 0. The fraction of sp³-hybridized carbons (Fsp3) is 0.333. The van der Waals surface area contributed by atoms with Gasteiger partial charge in [-0.25, -0.2) is 0 Å². The van der Waals surface area contributed by atoms with Crippen LogP contribution in [0.4, 0.5) is 0 Å². The van der Waals surface area contributed by atoms with Crippen LogP contribution in [0.15, 0.2) is 24.3 Å². The highest BCUT2D eigenvalue weighted by Gasteiger charge is 2.06. The average Bonchev–Trinajstić information content (AvgIpc) is 2.08. The van der Waals surface area contributed by atoms with E-state index in [9.17, 15) is 0 Å². The van der Waals surface area contributed by atoms with Gasteiger partial charge in [0.05, 0.1) is 0 Å². The van der Waals surface area contributed by atoms with Crippen LogP contribution in [-0.2, 0) is 11.1 Å². The number of hydrogen-bond acceptors (Lipinski definition) is 3. The Morgan fingerprint density at radius 3 is 2.38 bits per heavy atom. The van der Waals surface area contributed by atoms with Gasteiger partial charge in [0.25, 0.3) is 0 Å². The second kappa shape index (κ2) is 5.02. The Morgan fingerprint density at radius 1 is 1.23 bits per heavy atom. The maximum atomic E-state index is 8.41. The zero-order valence-corrected chi connectivity index (χ0v) is 7.60. The largest absolute Gasteiger partial charge is 0.633 e. The Hall–Kier alpha value is -0.835. The molecule has 2 N–H and O–H groups in total. The van der Waals surface area contributed by atoms with Gasteiger partial charge in [-0.2, -0.15) is 0 Å². The Labute approximate surface area is 78.2 Å². The summed E-state index contributed by atoms with van der Waals surface area (Å²) >= 11 is 0. The van der Waals surface area contributed by atoms with E-state index in [1.807, 2.05) is 31.2 Å². The van der Waals surface area contributed by atoms with Gasteiger partial charge in [0, 0.05) is 6.61 Å². The lowest BCUT2D eigenvalue weighted by Gasteiger charge is -2.02. The fourth-order valence-electron chi connectivity index (χ4n) is 1.04. The van der Waals surface area contributed by atoms with Gasteiger partial charge >= 0.3 is 7.32 Å². The Bertz CT molecular complexity index is 246. The van der Waals surface area contributed by atoms with E-state index in [1.165, 1.54) is 5.56 Å². The molecule has 0 amide bonds. The van der Waals surface area contributed by atoms with Gasteiger partial charge in [-0.1, -0.05) is 29.8 Å². The van der Waals surface area contributed by atoms with Crippen LogP contribution in [0.3, 0.4) is 0 Å². The highest BCUT2D eigenvalue weighted by Crippen LogP contribution is 2.03. The molecule has 0 heterocycles. The summed E-state index contributed by atoms with van der Waals surface area (Å²) in [7, 11) is -1.66. The van der Waals surface area contributed by atoms with Gasteiger partial charge in [-0.05, 0) is 18.9 Å². The Balaban J connectivity index is 2.33. The van der Waals surface area contributed by atoms with Crippen LogP contribution >= 0.6 is 0 Å². The van der Waals surface area contributed by atoms with Crippen LogP contribution in [-0.4, -0.2) is 24.0 Å². The molecular weight excluding hydrogens is 167 g/mol. The third-order valence-corrected chi connectivity index (χ3v) is 1.78. The number of hydrogen-bond donors (Lipinski definition) is 2. The number of benzene rings is 1. The molecule has 0 unspecified atom stereocenters. The van der Waals surface area contributed by atoms with E-state index in [-0.39, 0.29) is 0 Å². The molecular formula is C9H13BO3. The van der Waals surface area contributed by atoms with Crippen molar-refractivity contribution in [1.29, 1.82) is 0 Å². The van der Waals surface area contributed by atoms with Crippen molar-refractivity contribution in [2.24, 2.45) is 0 Å². The molecule has 0 aliphatic carbocycles. The van der Waals surface area contributed by atoms with E-state index < -0.39 is 7.32 Å². The first-order valence-corrected chi connectivity index (χ1v) is 4.22. The standard InChI is InChI=1S/C9H13BO3/c1-8-2-4-9(5-3-8)6-7-13-10(11)12/h2-5,11-12H,6-7H2,1H3. The maximum Gasteiger partial charge on any atom is 0.633 e. The van der Waals surface area contributed by atoms with Crippen molar-refractivity contribution in [1.82, 2.24) is 0 Å². The topological polar surface area (TPSA) is 49.7 Å². The molecule has 0 aromatic heterocycles. The van der Waals surface area contributed by atoms with Crippen molar-refractivity contribution < 1.29 is 14.7 Å². The van der Waals surface area contributed by atoms with E-state index in [0.717, 1.165) is 5.56 Å². The molecule has 1 rings (SSSR count). The van der Waals surface area contributed by atoms with Crippen molar-refractivity contribution in [2.45, 2.75) is 13.3 Å². The lowest BCUT2D eigenvalue weighted by molar-refractivity contribution is 0.188. The molecule has 0 fully saturated rings. The molecule has 0 saturated heterocycles. The summed E-state index contributed by atoms with van der Waals surface area (Å²) in [6.45, 7) is 2.35. The molecule has 4 heteroatoms. The minimum atomic E-state index is -1.66. The minimum absolute atomic E-state index is 0.320. The first kappa shape index (κ1) is 10.2. The molecule has 0 aliphatic heterocycles. The summed E-state index contributed by atoms with van der Waals surface area (Å²) < 4.78 is 4.59. The quantitative estimate of drug-likeness (QED) is 0.664. The summed E-state index contributed by atoms with van der Waals surface area (Å²) in [5.41, 5.74) is 2.35. The van der Waals surface area contributed by atoms with Crippen LogP contribution in [0.2, 0.25) is 0 Å². The molecule has 13 heavy (non-hydrogen) atoms. The Kier molecular flexibility index (Phi) is 3.95. The minimum Gasteiger partial charge on any atom is -0.402 e. The molecule has 3 nitrogen and oxygen atoms in total. The van der Waals surface area contributed by atoms with E-state index in [1.54, 1.807) is 0 Å². The lowest BCUT2D eigenvalue weighted by atomic mass is 10.1. The van der Waals surface area contributed by atoms with Crippen LogP contribution in [0.25, 0.3) is 0 Å². The summed E-state index contributed by atoms with van der Waals surface area (Å²) in [6, 6.07) is 8.04. The van der Waals surface area contributed by atoms with E-state index >= 15 is 0 Å². The van der Waals surface area contributed by atoms with Crippen molar-refractivity contribution >= 4 is 7.32 Å². The zero-order valence-electron chi connectivity index (χ0n) is 7.60. The van der Waals surface area contributed by atoms with Crippen molar-refractivity contribution in [3.8, 4) is 0 Å². The molecule has 0 saturated carbocycles. The molecule has 70 valence electrons. The SMILES string of the molecule is Cc1ccc(CCOB(O)O)cc1. The van der Waals surface area contributed by atoms with Gasteiger partial charge in [0.2, 0.25) is 0 Å². The van der Waals surface area contributed by atoms with E-state index in [0.29, 0.717) is 13.0 Å². The summed E-state index contributed by atoms with van der Waals surface area (Å²) in [5.74, 6) is 0. The summed E-state index contributed by atoms with van der Waals surface area (Å²) in [5, 5.41) is 16.8. The second-order valence-electron chi connectivity index (χ2n) is 2.93. The van der Waals surface area contributed by atoms with Gasteiger partial charge < -0.3 is 14.7 Å². The Morgan fingerprint density at radius 2 is 1.85 bits per heavy atom. The van der Waals surface area contributed by atoms with Crippen molar-refractivity contribution in [3.63, 3.8) is 0 Å². The first-order valence-electron chi connectivity index (χ1n) is 4.22. The second-order valence-corrected chi connectivity index (χ2v) is 2.93. The first-order chi connectivity index (χ1) is 6.18. The molecule has 1 aromatic carbocycles. The van der Waals surface area contributed by atoms with Crippen LogP contribution in [0.1, 0.15) is 11.1 Å². The third kappa shape index (κ3) is 4.08. The highest BCUT2D eigenvalue weighted by molar-refractivity contribution is 6.32. The van der Waals surface area contributed by atoms with Gasteiger partial charge in [-0.3, -0.25) is 0 Å².